The van der Waals surface area contributed by atoms with Gasteiger partial charge in [0.25, 0.3) is 0 Å². The molecule has 0 amide bonds. The number of furan rings is 3. The minimum absolute atomic E-state index is 0.844. The molecule has 0 radical (unpaired) electrons. The van der Waals surface area contributed by atoms with Crippen LogP contribution in [0.2, 0.25) is 0 Å². The van der Waals surface area contributed by atoms with E-state index in [2.05, 4.69) is 219 Å². The first-order valence-electron chi connectivity index (χ1n) is 22.2. The zero-order chi connectivity index (χ0) is 43.5. The number of para-hydroxylation sites is 4. The summed E-state index contributed by atoms with van der Waals surface area (Å²) in [5.74, 6) is 0. The van der Waals surface area contributed by atoms with Crippen molar-refractivity contribution in [3.8, 4) is 0 Å². The number of hydrogen-bond donors (Lipinski definition) is 0. The first kappa shape index (κ1) is 37.3. The Hall–Kier alpha value is -8.28. The Balaban J connectivity index is 1.14. The third-order valence-electron chi connectivity index (χ3n) is 13.3. The molecule has 10 aromatic carbocycles. The Morgan fingerprint density at radius 3 is 1.03 bits per heavy atom. The number of benzene rings is 10. The molecule has 13 rings (SSSR count). The van der Waals surface area contributed by atoms with E-state index in [0.717, 1.165) is 133 Å². The van der Waals surface area contributed by atoms with E-state index in [4.69, 9.17) is 13.3 Å². The molecule has 65 heavy (non-hydrogen) atoms. The van der Waals surface area contributed by atoms with Crippen molar-refractivity contribution in [2.24, 2.45) is 0 Å². The highest BCUT2D eigenvalue weighted by Gasteiger charge is 2.27. The summed E-state index contributed by atoms with van der Waals surface area (Å²) in [6.45, 7) is 8.53. The van der Waals surface area contributed by atoms with E-state index >= 15 is 0 Å². The van der Waals surface area contributed by atoms with Crippen LogP contribution >= 0.6 is 0 Å². The van der Waals surface area contributed by atoms with E-state index in [-0.39, 0.29) is 0 Å². The molecule has 0 saturated heterocycles. The van der Waals surface area contributed by atoms with Crippen molar-refractivity contribution in [1.29, 1.82) is 0 Å². The fourth-order valence-electron chi connectivity index (χ4n) is 10.3. The lowest BCUT2D eigenvalue weighted by atomic mass is 9.99. The largest absolute Gasteiger partial charge is 0.455 e. The number of nitrogens with zero attached hydrogens (tertiary/aromatic N) is 2. The van der Waals surface area contributed by atoms with E-state index in [1.54, 1.807) is 0 Å². The van der Waals surface area contributed by atoms with Crippen LogP contribution in [-0.4, -0.2) is 0 Å². The van der Waals surface area contributed by atoms with Gasteiger partial charge in [0.1, 0.15) is 22.3 Å². The van der Waals surface area contributed by atoms with Crippen molar-refractivity contribution in [3.05, 3.63) is 204 Å². The first-order valence-corrected chi connectivity index (χ1v) is 22.2. The summed E-state index contributed by atoms with van der Waals surface area (Å²) in [4.78, 5) is 4.75. The molecule has 0 unspecified atom stereocenters. The first-order chi connectivity index (χ1) is 31.9. The maximum atomic E-state index is 7.18. The second-order valence-electron chi connectivity index (χ2n) is 17.5. The second kappa shape index (κ2) is 14.1. The van der Waals surface area contributed by atoms with Gasteiger partial charge >= 0.3 is 0 Å². The third-order valence-corrected chi connectivity index (χ3v) is 13.3. The van der Waals surface area contributed by atoms with Crippen molar-refractivity contribution >= 4 is 121 Å². The van der Waals surface area contributed by atoms with Gasteiger partial charge in [-0.2, -0.15) is 0 Å². The highest BCUT2D eigenvalue weighted by atomic mass is 16.3. The monoisotopic (exact) mass is 838 g/mol. The van der Waals surface area contributed by atoms with Crippen LogP contribution < -0.4 is 9.80 Å². The molecule has 0 N–H and O–H groups in total. The normalized spacial score (nSPS) is 12.0. The fourth-order valence-corrected chi connectivity index (χ4v) is 10.3. The Morgan fingerprint density at radius 1 is 0.262 bits per heavy atom. The molecular formula is C60H42N2O3. The maximum Gasteiger partial charge on any atom is 0.159 e. The van der Waals surface area contributed by atoms with Crippen LogP contribution in [0.3, 0.4) is 0 Å². The molecule has 0 aliphatic carbocycles. The van der Waals surface area contributed by atoms with Crippen molar-refractivity contribution < 1.29 is 13.3 Å². The molecule has 13 aromatic rings. The Morgan fingerprint density at radius 2 is 0.600 bits per heavy atom. The van der Waals surface area contributed by atoms with Gasteiger partial charge in [0.2, 0.25) is 0 Å². The summed E-state index contributed by atoms with van der Waals surface area (Å²) in [5, 5.41) is 10.6. The van der Waals surface area contributed by atoms with Crippen LogP contribution in [0.25, 0.3) is 87.4 Å². The highest BCUT2D eigenvalue weighted by Crippen LogP contribution is 2.51. The van der Waals surface area contributed by atoms with Gasteiger partial charge < -0.3 is 23.1 Å². The Kier molecular flexibility index (Phi) is 8.10. The van der Waals surface area contributed by atoms with Gasteiger partial charge in [-0.15, -0.1) is 0 Å². The van der Waals surface area contributed by atoms with Crippen molar-refractivity contribution in [2.75, 3.05) is 9.80 Å². The lowest BCUT2D eigenvalue weighted by Crippen LogP contribution is -2.11. The number of anilines is 6. The molecule has 310 valence electrons. The summed E-state index contributed by atoms with van der Waals surface area (Å²) < 4.78 is 21.0. The minimum Gasteiger partial charge on any atom is -0.455 e. The number of aryl methyl sites for hydroxylation is 4. The van der Waals surface area contributed by atoms with Gasteiger partial charge in [0, 0.05) is 65.2 Å². The molecule has 0 spiro atoms. The predicted octanol–water partition coefficient (Wildman–Crippen LogP) is 17.9. The van der Waals surface area contributed by atoms with Crippen molar-refractivity contribution in [1.82, 2.24) is 0 Å². The lowest BCUT2D eigenvalue weighted by Gasteiger charge is -2.28. The topological polar surface area (TPSA) is 45.9 Å². The Labute approximate surface area is 374 Å². The summed E-state index contributed by atoms with van der Waals surface area (Å²) in [6, 6.07) is 65.1. The third kappa shape index (κ3) is 5.58. The molecule has 0 aliphatic heterocycles. The van der Waals surface area contributed by atoms with Crippen molar-refractivity contribution in [3.63, 3.8) is 0 Å². The average Bonchev–Trinajstić information content (AvgIpc) is 4.03. The summed E-state index contributed by atoms with van der Waals surface area (Å²) in [7, 11) is 0. The van der Waals surface area contributed by atoms with Crippen LogP contribution in [0.4, 0.5) is 34.1 Å². The van der Waals surface area contributed by atoms with Crippen LogP contribution in [0.5, 0.6) is 0 Å². The van der Waals surface area contributed by atoms with Gasteiger partial charge in [-0.05, 0) is 98.5 Å². The molecule has 0 saturated carbocycles. The zero-order valence-electron chi connectivity index (χ0n) is 36.4. The number of fused-ring (bicyclic) bond motifs is 13. The number of hydrogen-bond acceptors (Lipinski definition) is 5. The molecule has 5 nitrogen and oxygen atoms in total. The average molecular weight is 839 g/mol. The van der Waals surface area contributed by atoms with E-state index in [1.807, 2.05) is 0 Å². The molecule has 3 aromatic heterocycles. The molecule has 0 bridgehead atoms. The van der Waals surface area contributed by atoms with Crippen LogP contribution in [0.1, 0.15) is 22.3 Å². The Bertz CT molecular complexity index is 3830. The van der Waals surface area contributed by atoms with Crippen LogP contribution in [-0.2, 0) is 0 Å². The molecule has 0 fully saturated rings. The fraction of sp³-hybridized carbons (Fsp3) is 0.0667. The van der Waals surface area contributed by atoms with Crippen LogP contribution in [0, 0.1) is 27.7 Å². The van der Waals surface area contributed by atoms with Gasteiger partial charge in [-0.25, -0.2) is 0 Å². The summed E-state index contributed by atoms with van der Waals surface area (Å²) in [6.07, 6.45) is 0. The standard InChI is InChI=1S/C60H42N2O3/c1-35-15-9-19-39(31-35)61(51-29-13-27-47-45-25-11-17-37(3)55(45)63-59(47)51)53-33-49-50-34-54(42-22-6-8-24-44(42)58(50)65-57(49)43-23-7-5-21-41(43)53)62(40-20-10-16-36(2)32-40)52-30-14-28-48-46-26-12-18-38(4)56(46)64-60(48)52/h5-34H,1-4H3. The van der Waals surface area contributed by atoms with Gasteiger partial charge in [0.15, 0.2) is 11.2 Å². The minimum atomic E-state index is 0.844. The molecular weight excluding hydrogens is 797 g/mol. The lowest BCUT2D eigenvalue weighted by molar-refractivity contribution is 0.665. The highest BCUT2D eigenvalue weighted by molar-refractivity contribution is 6.26. The van der Waals surface area contributed by atoms with E-state index < -0.39 is 0 Å². The smallest absolute Gasteiger partial charge is 0.159 e. The molecule has 5 heteroatoms. The quantitative estimate of drug-likeness (QED) is 0.167. The number of rotatable bonds is 6. The van der Waals surface area contributed by atoms with Crippen molar-refractivity contribution in [2.45, 2.75) is 27.7 Å². The molecule has 3 heterocycles. The second-order valence-corrected chi connectivity index (χ2v) is 17.5. The van der Waals surface area contributed by atoms with Crippen LogP contribution in [0.15, 0.2) is 195 Å². The van der Waals surface area contributed by atoms with E-state index in [0.29, 0.717) is 0 Å². The van der Waals surface area contributed by atoms with Gasteiger partial charge in [-0.3, -0.25) is 0 Å². The summed E-state index contributed by atoms with van der Waals surface area (Å²) in [5.41, 5.74) is 15.8. The van der Waals surface area contributed by atoms with Gasteiger partial charge in [-0.1, -0.05) is 133 Å². The summed E-state index contributed by atoms with van der Waals surface area (Å²) >= 11 is 0. The predicted molar refractivity (Wildman–Crippen MR) is 272 cm³/mol. The van der Waals surface area contributed by atoms with E-state index in [1.165, 1.54) is 11.1 Å². The molecule has 0 atom stereocenters. The maximum absolute atomic E-state index is 7.18. The molecule has 0 aliphatic rings. The zero-order valence-corrected chi connectivity index (χ0v) is 36.4. The van der Waals surface area contributed by atoms with E-state index in [9.17, 15) is 0 Å². The van der Waals surface area contributed by atoms with Gasteiger partial charge in [0.05, 0.1) is 22.7 Å². The SMILES string of the molecule is Cc1cccc(N(c2cc3c4cc(N(c5cccc(C)c5)c5cccc6c5oc5c(C)cccc56)c5ccccc5c4oc3c3ccccc23)c2cccc3c2oc2c(C)cccc23)c1.